The van der Waals surface area contributed by atoms with Crippen LogP contribution in [0.4, 0.5) is 18.0 Å². The Morgan fingerprint density at radius 1 is 1.23 bits per heavy atom. The van der Waals surface area contributed by atoms with Gasteiger partial charge < -0.3 is 10.6 Å². The van der Waals surface area contributed by atoms with Gasteiger partial charge in [-0.2, -0.15) is 13.2 Å². The number of carbonyl (C=O) groups excluding carboxylic acids is 2. The Bertz CT molecular complexity index is 369. The third-order valence-electron chi connectivity index (χ3n) is 3.58. The maximum Gasteiger partial charge on any atom is 0.405 e. The zero-order chi connectivity index (χ0) is 16.6. The van der Waals surface area contributed by atoms with Gasteiger partial charge in [0.1, 0.15) is 6.54 Å². The summed E-state index contributed by atoms with van der Waals surface area (Å²) in [6.07, 6.45) is -1.43. The van der Waals surface area contributed by atoms with Crippen molar-refractivity contribution in [1.82, 2.24) is 20.9 Å². The molecule has 0 aromatic rings. The lowest BCUT2D eigenvalue weighted by Crippen LogP contribution is -2.48. The van der Waals surface area contributed by atoms with Crippen LogP contribution in [0, 0.1) is 5.92 Å². The van der Waals surface area contributed by atoms with Crippen LogP contribution >= 0.6 is 0 Å². The Balaban J connectivity index is 2.19. The largest absolute Gasteiger partial charge is 0.405 e. The van der Waals surface area contributed by atoms with Crippen LogP contribution in [0.3, 0.4) is 0 Å². The van der Waals surface area contributed by atoms with Crippen LogP contribution in [-0.2, 0) is 4.79 Å². The highest BCUT2D eigenvalue weighted by molar-refractivity contribution is 5.95. The van der Waals surface area contributed by atoms with Gasteiger partial charge in [-0.3, -0.25) is 15.0 Å². The number of carbonyl (C=O) groups is 2. The van der Waals surface area contributed by atoms with E-state index in [4.69, 9.17) is 0 Å². The van der Waals surface area contributed by atoms with Crippen molar-refractivity contribution in [2.45, 2.75) is 25.4 Å². The topological polar surface area (TPSA) is 73.5 Å². The van der Waals surface area contributed by atoms with Crippen molar-refractivity contribution in [3.05, 3.63) is 0 Å². The fourth-order valence-corrected chi connectivity index (χ4v) is 2.38. The molecular formula is C13H23F3N4O2. The van der Waals surface area contributed by atoms with Crippen molar-refractivity contribution in [3.8, 4) is 0 Å². The molecule has 0 spiro atoms. The highest BCUT2D eigenvalue weighted by Crippen LogP contribution is 2.19. The van der Waals surface area contributed by atoms with Crippen LogP contribution in [-0.4, -0.2) is 62.8 Å². The van der Waals surface area contributed by atoms with E-state index in [1.165, 1.54) is 0 Å². The molecule has 0 atom stereocenters. The lowest BCUT2D eigenvalue weighted by atomic mass is 9.93. The quantitative estimate of drug-likeness (QED) is 0.672. The van der Waals surface area contributed by atoms with Crippen LogP contribution < -0.4 is 16.0 Å². The van der Waals surface area contributed by atoms with Gasteiger partial charge in [0.15, 0.2) is 0 Å². The number of amides is 3. The maximum absolute atomic E-state index is 11.9. The molecule has 3 N–H and O–H groups in total. The summed E-state index contributed by atoms with van der Waals surface area (Å²) in [5, 5.41) is 6.60. The first-order valence-corrected chi connectivity index (χ1v) is 7.31. The fourth-order valence-electron chi connectivity index (χ4n) is 2.38. The summed E-state index contributed by atoms with van der Waals surface area (Å²) < 4.78 is 35.7. The van der Waals surface area contributed by atoms with E-state index in [-0.39, 0.29) is 6.54 Å². The molecule has 128 valence electrons. The Kier molecular flexibility index (Phi) is 7.60. The third-order valence-corrected chi connectivity index (χ3v) is 3.58. The number of rotatable bonds is 6. The van der Waals surface area contributed by atoms with Gasteiger partial charge in [0.05, 0.1) is 6.54 Å². The number of nitrogens with one attached hydrogen (secondary N) is 3. The monoisotopic (exact) mass is 324 g/mol. The molecule has 0 aliphatic carbocycles. The number of imide groups is 1. The molecule has 0 saturated carbocycles. The number of nitrogens with zero attached hydrogens (tertiary/aromatic N) is 1. The molecule has 1 fully saturated rings. The van der Waals surface area contributed by atoms with E-state index in [1.54, 1.807) is 5.32 Å². The van der Waals surface area contributed by atoms with Crippen molar-refractivity contribution < 1.29 is 22.8 Å². The minimum Gasteiger partial charge on any atom is -0.329 e. The smallest absolute Gasteiger partial charge is 0.329 e. The molecule has 3 amide bonds. The second-order valence-corrected chi connectivity index (χ2v) is 5.46. The number of halogens is 3. The molecule has 0 bridgehead atoms. The number of urea groups is 1. The first-order valence-electron chi connectivity index (χ1n) is 7.31. The van der Waals surface area contributed by atoms with E-state index in [0.29, 0.717) is 5.92 Å². The van der Waals surface area contributed by atoms with Crippen LogP contribution in [0.5, 0.6) is 0 Å². The summed E-state index contributed by atoms with van der Waals surface area (Å²) in [6.45, 7) is 1.05. The summed E-state index contributed by atoms with van der Waals surface area (Å²) in [7, 11) is 1.91. The second-order valence-electron chi connectivity index (χ2n) is 5.46. The zero-order valence-electron chi connectivity index (χ0n) is 12.6. The van der Waals surface area contributed by atoms with E-state index < -0.39 is 24.7 Å². The average Bonchev–Trinajstić information content (AvgIpc) is 2.43. The average molecular weight is 324 g/mol. The molecule has 0 unspecified atom stereocenters. The normalized spacial score (nSPS) is 17.3. The van der Waals surface area contributed by atoms with Gasteiger partial charge in [-0.1, -0.05) is 0 Å². The molecule has 1 aliphatic rings. The van der Waals surface area contributed by atoms with Gasteiger partial charge in [-0.05, 0) is 51.9 Å². The Hall–Kier alpha value is -1.35. The standard InChI is InChI=1S/C13H23F3N4O2/c1-17-5-2-10-3-6-20(7-4-10)8-11(21)19-12(22)18-9-13(14,15)16/h10,17H,2-9H2,1H3,(H2,18,19,21,22). The van der Waals surface area contributed by atoms with Gasteiger partial charge in [-0.15, -0.1) is 0 Å². The molecule has 0 aromatic carbocycles. The third kappa shape index (κ3) is 8.18. The predicted octanol–water partition coefficient (Wildman–Crippen LogP) is 0.696. The summed E-state index contributed by atoms with van der Waals surface area (Å²) in [6, 6.07) is -1.12. The van der Waals surface area contributed by atoms with Gasteiger partial charge in [0, 0.05) is 0 Å². The fraction of sp³-hybridized carbons (Fsp3) is 0.846. The lowest BCUT2D eigenvalue weighted by molar-refractivity contribution is -0.125. The molecule has 1 saturated heterocycles. The van der Waals surface area contributed by atoms with Crippen molar-refractivity contribution >= 4 is 11.9 Å². The van der Waals surface area contributed by atoms with E-state index in [9.17, 15) is 22.8 Å². The van der Waals surface area contributed by atoms with E-state index in [1.807, 2.05) is 17.3 Å². The van der Waals surface area contributed by atoms with E-state index >= 15 is 0 Å². The van der Waals surface area contributed by atoms with Crippen LogP contribution in [0.2, 0.25) is 0 Å². The molecule has 9 heteroatoms. The molecule has 22 heavy (non-hydrogen) atoms. The lowest BCUT2D eigenvalue weighted by Gasteiger charge is -2.31. The highest BCUT2D eigenvalue weighted by atomic mass is 19.4. The molecule has 6 nitrogen and oxygen atoms in total. The second kappa shape index (κ2) is 8.94. The Labute approximate surface area is 127 Å². The minimum absolute atomic E-state index is 0.0260. The summed E-state index contributed by atoms with van der Waals surface area (Å²) >= 11 is 0. The van der Waals surface area contributed by atoms with Crippen molar-refractivity contribution in [2.24, 2.45) is 5.92 Å². The SMILES string of the molecule is CNCCC1CCN(CC(=O)NC(=O)NCC(F)(F)F)CC1. The van der Waals surface area contributed by atoms with Gasteiger partial charge in [0.25, 0.3) is 0 Å². The van der Waals surface area contributed by atoms with Gasteiger partial charge >= 0.3 is 12.2 Å². The van der Waals surface area contributed by atoms with Gasteiger partial charge in [-0.25, -0.2) is 4.79 Å². The molecular weight excluding hydrogens is 301 g/mol. The Morgan fingerprint density at radius 3 is 2.41 bits per heavy atom. The number of hydrogen-bond donors (Lipinski definition) is 3. The highest BCUT2D eigenvalue weighted by Gasteiger charge is 2.28. The van der Waals surface area contributed by atoms with Crippen LogP contribution in [0.1, 0.15) is 19.3 Å². The van der Waals surface area contributed by atoms with Crippen molar-refractivity contribution in [2.75, 3.05) is 39.8 Å². The minimum atomic E-state index is -4.49. The van der Waals surface area contributed by atoms with Crippen LogP contribution in [0.25, 0.3) is 0 Å². The number of likely N-dealkylation sites (tertiary alicyclic amines) is 1. The predicted molar refractivity (Wildman–Crippen MR) is 75.3 cm³/mol. The summed E-state index contributed by atoms with van der Waals surface area (Å²) in [4.78, 5) is 24.6. The number of hydrogen-bond acceptors (Lipinski definition) is 4. The van der Waals surface area contributed by atoms with Crippen LogP contribution in [0.15, 0.2) is 0 Å². The molecule has 1 rings (SSSR count). The molecule has 0 aromatic heterocycles. The first kappa shape index (κ1) is 18.7. The molecule has 0 radical (unpaired) electrons. The summed E-state index contributed by atoms with van der Waals surface area (Å²) in [5.41, 5.74) is 0. The van der Waals surface area contributed by atoms with Crippen molar-refractivity contribution in [1.29, 1.82) is 0 Å². The van der Waals surface area contributed by atoms with E-state index in [2.05, 4.69) is 5.32 Å². The van der Waals surface area contributed by atoms with Gasteiger partial charge in [0.2, 0.25) is 5.91 Å². The van der Waals surface area contributed by atoms with E-state index in [0.717, 1.165) is 38.9 Å². The van der Waals surface area contributed by atoms with Crippen molar-refractivity contribution in [3.63, 3.8) is 0 Å². The maximum atomic E-state index is 11.9. The summed E-state index contributed by atoms with van der Waals surface area (Å²) in [5.74, 6) is 0.0372. The number of alkyl halides is 3. The Morgan fingerprint density at radius 2 is 1.86 bits per heavy atom. The molecule has 1 heterocycles. The zero-order valence-corrected chi connectivity index (χ0v) is 12.6. The molecule has 1 aliphatic heterocycles. The number of piperidine rings is 1. The first-order chi connectivity index (χ1) is 10.3.